The summed E-state index contributed by atoms with van der Waals surface area (Å²) in [5.41, 5.74) is 1.53. The Kier molecular flexibility index (Phi) is 4.51. The van der Waals surface area contributed by atoms with Crippen LogP contribution in [0.4, 0.5) is 8.78 Å². The molecule has 0 heterocycles. The molecule has 1 atom stereocenters. The fourth-order valence-corrected chi connectivity index (χ4v) is 2.22. The number of halogens is 3. The minimum Gasteiger partial charge on any atom is -0.306 e. The standard InChI is InChI=1S/C15H14ClF2N/c1-10(14-4-2-3-5-15(14)16)19-9-11-6-12(17)8-13(18)7-11/h2-8,10,19H,9H2,1H3. The molecule has 19 heavy (non-hydrogen) atoms. The molecule has 2 aromatic carbocycles. The molecule has 0 saturated heterocycles. The molecule has 0 aromatic heterocycles. The highest BCUT2D eigenvalue weighted by molar-refractivity contribution is 6.31. The monoisotopic (exact) mass is 281 g/mol. The van der Waals surface area contributed by atoms with E-state index in [1.165, 1.54) is 12.1 Å². The van der Waals surface area contributed by atoms with E-state index in [-0.39, 0.29) is 6.04 Å². The SMILES string of the molecule is CC(NCc1cc(F)cc(F)c1)c1ccccc1Cl. The van der Waals surface area contributed by atoms with Crippen molar-refractivity contribution in [1.82, 2.24) is 5.32 Å². The fourth-order valence-electron chi connectivity index (χ4n) is 1.92. The molecule has 0 bridgehead atoms. The smallest absolute Gasteiger partial charge is 0.126 e. The van der Waals surface area contributed by atoms with E-state index < -0.39 is 11.6 Å². The molecule has 0 aliphatic rings. The van der Waals surface area contributed by atoms with E-state index in [9.17, 15) is 8.78 Å². The lowest BCUT2D eigenvalue weighted by Gasteiger charge is -2.15. The highest BCUT2D eigenvalue weighted by atomic mass is 35.5. The number of rotatable bonds is 4. The third-order valence-corrected chi connectivity index (χ3v) is 3.25. The molecule has 0 radical (unpaired) electrons. The van der Waals surface area contributed by atoms with Crippen LogP contribution in [0.15, 0.2) is 42.5 Å². The normalized spacial score (nSPS) is 12.4. The summed E-state index contributed by atoms with van der Waals surface area (Å²) in [6.07, 6.45) is 0. The molecule has 2 aromatic rings. The first-order chi connectivity index (χ1) is 9.06. The van der Waals surface area contributed by atoms with Gasteiger partial charge in [-0.15, -0.1) is 0 Å². The molecular weight excluding hydrogens is 268 g/mol. The summed E-state index contributed by atoms with van der Waals surface area (Å²) in [5.74, 6) is -1.13. The predicted molar refractivity (Wildman–Crippen MR) is 73.1 cm³/mol. The quantitative estimate of drug-likeness (QED) is 0.872. The molecule has 1 unspecified atom stereocenters. The Labute approximate surface area is 116 Å². The van der Waals surface area contributed by atoms with Crippen LogP contribution in [0.25, 0.3) is 0 Å². The summed E-state index contributed by atoms with van der Waals surface area (Å²) in [7, 11) is 0. The molecule has 0 amide bonds. The van der Waals surface area contributed by atoms with Crippen molar-refractivity contribution < 1.29 is 8.78 Å². The Morgan fingerprint density at radius 1 is 1.11 bits per heavy atom. The minimum atomic E-state index is -0.567. The molecule has 0 aliphatic heterocycles. The Bertz CT molecular complexity index is 552. The topological polar surface area (TPSA) is 12.0 Å². The maximum atomic E-state index is 13.1. The second-order valence-corrected chi connectivity index (χ2v) is 4.81. The summed E-state index contributed by atoms with van der Waals surface area (Å²) >= 11 is 6.09. The zero-order valence-electron chi connectivity index (χ0n) is 10.5. The summed E-state index contributed by atoms with van der Waals surface area (Å²) in [5, 5.41) is 3.87. The van der Waals surface area contributed by atoms with Crippen molar-refractivity contribution in [2.45, 2.75) is 19.5 Å². The highest BCUT2D eigenvalue weighted by Gasteiger charge is 2.09. The summed E-state index contributed by atoms with van der Waals surface area (Å²) in [6, 6.07) is 11.0. The minimum absolute atomic E-state index is 0.0000265. The lowest BCUT2D eigenvalue weighted by Crippen LogP contribution is -2.18. The molecule has 0 saturated carbocycles. The molecule has 1 N–H and O–H groups in total. The van der Waals surface area contributed by atoms with Gasteiger partial charge in [0.2, 0.25) is 0 Å². The second kappa shape index (κ2) is 6.13. The predicted octanol–water partition coefficient (Wildman–Crippen LogP) is 4.47. The first-order valence-corrected chi connectivity index (χ1v) is 6.37. The van der Waals surface area contributed by atoms with E-state index in [2.05, 4.69) is 5.32 Å². The van der Waals surface area contributed by atoms with Gasteiger partial charge in [0.1, 0.15) is 11.6 Å². The van der Waals surface area contributed by atoms with Crippen LogP contribution >= 0.6 is 11.6 Å². The van der Waals surface area contributed by atoms with Gasteiger partial charge >= 0.3 is 0 Å². The van der Waals surface area contributed by atoms with Gasteiger partial charge in [0, 0.05) is 23.7 Å². The molecular formula is C15H14ClF2N. The van der Waals surface area contributed by atoms with Gasteiger partial charge in [-0.05, 0) is 36.2 Å². The van der Waals surface area contributed by atoms with E-state index >= 15 is 0 Å². The van der Waals surface area contributed by atoms with Gasteiger partial charge in [0.15, 0.2) is 0 Å². The van der Waals surface area contributed by atoms with Crippen molar-refractivity contribution in [3.8, 4) is 0 Å². The first-order valence-electron chi connectivity index (χ1n) is 5.99. The highest BCUT2D eigenvalue weighted by Crippen LogP contribution is 2.22. The fraction of sp³-hybridized carbons (Fsp3) is 0.200. The average molecular weight is 282 g/mol. The van der Waals surface area contributed by atoms with Gasteiger partial charge in [-0.25, -0.2) is 8.78 Å². The van der Waals surface area contributed by atoms with E-state index in [1.54, 1.807) is 0 Å². The maximum Gasteiger partial charge on any atom is 0.126 e. The molecule has 0 fully saturated rings. The van der Waals surface area contributed by atoms with Crippen molar-refractivity contribution in [3.63, 3.8) is 0 Å². The van der Waals surface area contributed by atoms with Crippen molar-refractivity contribution in [3.05, 3.63) is 70.2 Å². The number of hydrogen-bond acceptors (Lipinski definition) is 1. The van der Waals surface area contributed by atoms with Crippen LogP contribution in [0.3, 0.4) is 0 Å². The summed E-state index contributed by atoms with van der Waals surface area (Å²) in [4.78, 5) is 0. The molecule has 2 rings (SSSR count). The third kappa shape index (κ3) is 3.75. The van der Waals surface area contributed by atoms with Crippen molar-refractivity contribution in [2.75, 3.05) is 0 Å². The molecule has 0 aliphatic carbocycles. The van der Waals surface area contributed by atoms with Crippen molar-refractivity contribution in [1.29, 1.82) is 0 Å². The Morgan fingerprint density at radius 3 is 2.37 bits per heavy atom. The van der Waals surface area contributed by atoms with E-state index in [0.29, 0.717) is 17.1 Å². The van der Waals surface area contributed by atoms with Crippen LogP contribution in [0, 0.1) is 11.6 Å². The molecule has 0 spiro atoms. The van der Waals surface area contributed by atoms with Crippen molar-refractivity contribution >= 4 is 11.6 Å². The number of hydrogen-bond donors (Lipinski definition) is 1. The summed E-state index contributed by atoms with van der Waals surface area (Å²) < 4.78 is 26.1. The zero-order chi connectivity index (χ0) is 13.8. The zero-order valence-corrected chi connectivity index (χ0v) is 11.2. The maximum absolute atomic E-state index is 13.1. The van der Waals surface area contributed by atoms with Crippen LogP contribution < -0.4 is 5.32 Å². The van der Waals surface area contributed by atoms with E-state index in [0.717, 1.165) is 11.6 Å². The Balaban J connectivity index is 2.04. The third-order valence-electron chi connectivity index (χ3n) is 2.91. The van der Waals surface area contributed by atoms with Crippen molar-refractivity contribution in [2.24, 2.45) is 0 Å². The van der Waals surface area contributed by atoms with Crippen LogP contribution in [0.5, 0.6) is 0 Å². The van der Waals surface area contributed by atoms with Gasteiger partial charge in [-0.1, -0.05) is 29.8 Å². The van der Waals surface area contributed by atoms with Gasteiger partial charge in [0.05, 0.1) is 0 Å². The van der Waals surface area contributed by atoms with Crippen LogP contribution in [-0.4, -0.2) is 0 Å². The Morgan fingerprint density at radius 2 is 1.74 bits per heavy atom. The van der Waals surface area contributed by atoms with Gasteiger partial charge in [-0.2, -0.15) is 0 Å². The van der Waals surface area contributed by atoms with Gasteiger partial charge < -0.3 is 5.32 Å². The lowest BCUT2D eigenvalue weighted by molar-refractivity contribution is 0.554. The largest absolute Gasteiger partial charge is 0.306 e. The van der Waals surface area contributed by atoms with Crippen LogP contribution in [0.1, 0.15) is 24.1 Å². The number of nitrogens with one attached hydrogen (secondary N) is 1. The number of benzene rings is 2. The molecule has 4 heteroatoms. The molecule has 1 nitrogen and oxygen atoms in total. The Hall–Kier alpha value is -1.45. The average Bonchev–Trinajstić information content (AvgIpc) is 2.35. The van der Waals surface area contributed by atoms with Crippen LogP contribution in [0.2, 0.25) is 5.02 Å². The first kappa shape index (κ1) is 14.0. The van der Waals surface area contributed by atoms with Crippen LogP contribution in [-0.2, 0) is 6.54 Å². The lowest BCUT2D eigenvalue weighted by atomic mass is 10.1. The van der Waals surface area contributed by atoms with Gasteiger partial charge in [0.25, 0.3) is 0 Å². The summed E-state index contributed by atoms with van der Waals surface area (Å²) in [6.45, 7) is 2.33. The second-order valence-electron chi connectivity index (χ2n) is 4.40. The molecule has 100 valence electrons. The van der Waals surface area contributed by atoms with E-state index in [1.807, 2.05) is 31.2 Å². The van der Waals surface area contributed by atoms with Gasteiger partial charge in [-0.3, -0.25) is 0 Å². The van der Waals surface area contributed by atoms with E-state index in [4.69, 9.17) is 11.6 Å².